The summed E-state index contributed by atoms with van der Waals surface area (Å²) in [5.74, 6) is 0. The fraction of sp³-hybridized carbons (Fsp3) is 0.696. The van der Waals surface area contributed by atoms with Crippen molar-refractivity contribution < 1.29 is 0 Å². The topological polar surface area (TPSA) is 17.3 Å². The molecule has 2 aromatic rings. The Morgan fingerprint density at radius 3 is 1.44 bits per heavy atom. The lowest BCUT2D eigenvalue weighted by atomic mass is 9.93. The van der Waals surface area contributed by atoms with E-state index in [1.165, 1.54) is 0 Å². The van der Waals surface area contributed by atoms with Gasteiger partial charge in [0.25, 0.3) is 0 Å². The van der Waals surface area contributed by atoms with Crippen LogP contribution in [0.5, 0.6) is 0 Å². The van der Waals surface area contributed by atoms with Crippen LogP contribution in [-0.4, -0.2) is 9.38 Å². The zero-order chi connectivity index (χ0) is 20.5. The van der Waals surface area contributed by atoms with Gasteiger partial charge in [-0.3, -0.25) is 0 Å². The van der Waals surface area contributed by atoms with E-state index in [9.17, 15) is 0 Å². The van der Waals surface area contributed by atoms with Crippen LogP contribution in [0.15, 0.2) is 30.6 Å². The zero-order valence-corrected chi connectivity index (χ0v) is 19.3. The van der Waals surface area contributed by atoms with Crippen LogP contribution in [0.3, 0.4) is 0 Å². The van der Waals surface area contributed by atoms with Gasteiger partial charge in [0.2, 0.25) is 0 Å². The highest BCUT2D eigenvalue weighted by Crippen LogP contribution is 2.21. The predicted octanol–water partition coefficient (Wildman–Crippen LogP) is 7.76. The number of imidazole rings is 1. The van der Waals surface area contributed by atoms with Crippen LogP contribution >= 0.6 is 0 Å². The van der Waals surface area contributed by atoms with Gasteiger partial charge in [-0.25, -0.2) is 4.98 Å². The largest absolute Gasteiger partial charge is 0.307 e. The van der Waals surface area contributed by atoms with Gasteiger partial charge in [0.15, 0.2) is 0 Å². The summed E-state index contributed by atoms with van der Waals surface area (Å²) >= 11 is 0. The minimum Gasteiger partial charge on any atom is -0.307 e. The lowest BCUT2D eigenvalue weighted by molar-refractivity contribution is 0.469. The molecule has 0 aliphatic rings. The summed E-state index contributed by atoms with van der Waals surface area (Å²) < 4.78 is 2.06. The average Bonchev–Trinajstić information content (AvgIpc) is 2.81. The number of hydrogen-bond donors (Lipinski definition) is 0. The van der Waals surface area contributed by atoms with E-state index in [0.29, 0.717) is 10.8 Å². The molecule has 2 nitrogen and oxygen atoms in total. The second-order valence-electron chi connectivity index (χ2n) is 10.3. The molecule has 0 amide bonds. The van der Waals surface area contributed by atoms with E-state index in [1.807, 2.05) is 38.2 Å². The van der Waals surface area contributed by atoms with E-state index < -0.39 is 0 Å². The first-order chi connectivity index (χ1) is 11.1. The molecule has 0 aliphatic heterocycles. The number of fused-ring (bicyclic) bond motifs is 1. The molecule has 0 saturated carbocycles. The summed E-state index contributed by atoms with van der Waals surface area (Å²) in [7, 11) is 0. The zero-order valence-electron chi connectivity index (χ0n) is 19.3. The standard InChI is InChI=1S/C11H14N2.2C5H12.C2H6/c1-11(2,3)9-8-13-7-5-4-6-10(13)12-9;2*1-5(2,3)4;1-2/h4-8H,1-3H3;2*1-4H3;1-2H3. The number of pyridine rings is 1. The van der Waals surface area contributed by atoms with Crippen molar-refractivity contribution in [2.75, 3.05) is 0 Å². The van der Waals surface area contributed by atoms with Crippen LogP contribution < -0.4 is 0 Å². The number of aromatic nitrogens is 2. The lowest BCUT2D eigenvalue weighted by Crippen LogP contribution is -2.11. The molecule has 0 aromatic carbocycles. The van der Waals surface area contributed by atoms with Crippen molar-refractivity contribution in [3.05, 3.63) is 36.3 Å². The summed E-state index contributed by atoms with van der Waals surface area (Å²) in [5, 5.41) is 0. The van der Waals surface area contributed by atoms with Gasteiger partial charge in [-0.05, 0) is 23.0 Å². The molecule has 0 fully saturated rings. The highest BCUT2D eigenvalue weighted by molar-refractivity contribution is 5.40. The Morgan fingerprint density at radius 2 is 1.12 bits per heavy atom. The molecule has 146 valence electrons. The highest BCUT2D eigenvalue weighted by atomic mass is 15.0. The van der Waals surface area contributed by atoms with Gasteiger partial charge in [-0.15, -0.1) is 0 Å². The van der Waals surface area contributed by atoms with Crippen molar-refractivity contribution >= 4 is 5.65 Å². The summed E-state index contributed by atoms with van der Waals surface area (Å²) in [6.45, 7) is 28.0. The van der Waals surface area contributed by atoms with Gasteiger partial charge >= 0.3 is 0 Å². The van der Waals surface area contributed by atoms with Crippen LogP contribution in [0.2, 0.25) is 0 Å². The predicted molar refractivity (Wildman–Crippen MR) is 115 cm³/mol. The molecule has 2 heteroatoms. The van der Waals surface area contributed by atoms with E-state index >= 15 is 0 Å². The first kappa shape index (κ1) is 25.9. The molecule has 0 saturated heterocycles. The van der Waals surface area contributed by atoms with Gasteiger partial charge in [-0.1, -0.05) is 96.1 Å². The Morgan fingerprint density at radius 1 is 0.720 bits per heavy atom. The summed E-state index contributed by atoms with van der Waals surface area (Å²) in [4.78, 5) is 4.55. The average molecular weight is 349 g/mol. The first-order valence-electron chi connectivity index (χ1n) is 9.51. The monoisotopic (exact) mass is 348 g/mol. The fourth-order valence-corrected chi connectivity index (χ4v) is 1.30. The van der Waals surface area contributed by atoms with E-state index in [1.54, 1.807) is 0 Å². The molecule has 0 atom stereocenters. The molecule has 2 heterocycles. The molecule has 2 aromatic heterocycles. The third kappa shape index (κ3) is 17.3. The van der Waals surface area contributed by atoms with Crippen LogP contribution in [0.4, 0.5) is 0 Å². The van der Waals surface area contributed by atoms with Crippen molar-refractivity contribution in [3.8, 4) is 0 Å². The van der Waals surface area contributed by atoms with Gasteiger partial charge in [0.1, 0.15) is 5.65 Å². The van der Waals surface area contributed by atoms with Crippen molar-refractivity contribution in [2.45, 2.75) is 95.4 Å². The minimum atomic E-state index is 0.131. The van der Waals surface area contributed by atoms with Crippen LogP contribution in [0.25, 0.3) is 5.65 Å². The maximum absolute atomic E-state index is 4.55. The molecule has 0 bridgehead atoms. The van der Waals surface area contributed by atoms with E-state index in [0.717, 1.165) is 11.3 Å². The Hall–Kier alpha value is -1.31. The van der Waals surface area contributed by atoms with Crippen molar-refractivity contribution in [1.82, 2.24) is 9.38 Å². The number of nitrogens with zero attached hydrogens (tertiary/aromatic N) is 2. The second kappa shape index (κ2) is 10.6. The van der Waals surface area contributed by atoms with Gasteiger partial charge < -0.3 is 4.40 Å². The smallest absolute Gasteiger partial charge is 0.136 e. The molecular weight excluding hydrogens is 304 g/mol. The Balaban J connectivity index is 0. The first-order valence-corrected chi connectivity index (χ1v) is 9.51. The molecule has 25 heavy (non-hydrogen) atoms. The summed E-state index contributed by atoms with van der Waals surface area (Å²) in [5.41, 5.74) is 3.29. The second-order valence-corrected chi connectivity index (χ2v) is 10.3. The normalized spacial score (nSPS) is 11.4. The summed E-state index contributed by atoms with van der Waals surface area (Å²) in [6, 6.07) is 6.05. The SMILES string of the molecule is CC.CC(C)(C)C.CC(C)(C)C.CC(C)(C)c1cn2ccccc2n1. The van der Waals surface area contributed by atoms with E-state index in [-0.39, 0.29) is 5.41 Å². The van der Waals surface area contributed by atoms with Crippen molar-refractivity contribution in [1.29, 1.82) is 0 Å². The molecule has 2 rings (SSSR count). The quantitative estimate of drug-likeness (QED) is 0.475. The Labute approximate surface area is 158 Å². The molecule has 0 spiro atoms. The number of rotatable bonds is 0. The van der Waals surface area contributed by atoms with Crippen LogP contribution in [-0.2, 0) is 5.41 Å². The third-order valence-electron chi connectivity index (χ3n) is 2.13. The number of hydrogen-bond acceptors (Lipinski definition) is 1. The lowest BCUT2D eigenvalue weighted by Gasteiger charge is -2.13. The van der Waals surface area contributed by atoms with Gasteiger partial charge in [0.05, 0.1) is 5.69 Å². The maximum atomic E-state index is 4.55. The Bertz CT molecular complexity index is 515. The van der Waals surface area contributed by atoms with Crippen molar-refractivity contribution in [2.24, 2.45) is 10.8 Å². The van der Waals surface area contributed by atoms with E-state index in [4.69, 9.17) is 0 Å². The maximum Gasteiger partial charge on any atom is 0.136 e. The summed E-state index contributed by atoms with van der Waals surface area (Å²) in [6.07, 6.45) is 4.12. The molecular formula is C23H44N2. The Kier molecular flexibility index (Phi) is 11.0. The highest BCUT2D eigenvalue weighted by Gasteiger charge is 2.16. The molecule has 0 aliphatic carbocycles. The fourth-order valence-electron chi connectivity index (χ4n) is 1.30. The molecule has 0 unspecified atom stereocenters. The minimum absolute atomic E-state index is 0.131. The third-order valence-corrected chi connectivity index (χ3v) is 2.13. The molecule has 0 radical (unpaired) electrons. The molecule has 0 N–H and O–H groups in total. The van der Waals surface area contributed by atoms with Crippen molar-refractivity contribution in [3.63, 3.8) is 0 Å². The van der Waals surface area contributed by atoms with Gasteiger partial charge in [0, 0.05) is 17.8 Å². The van der Waals surface area contributed by atoms with Gasteiger partial charge in [-0.2, -0.15) is 0 Å². The van der Waals surface area contributed by atoms with Crippen LogP contribution in [0, 0.1) is 10.8 Å². The van der Waals surface area contributed by atoms with Crippen LogP contribution in [0.1, 0.15) is 95.7 Å². The van der Waals surface area contributed by atoms with E-state index in [2.05, 4.69) is 91.7 Å².